The Bertz CT molecular complexity index is 304. The summed E-state index contributed by atoms with van der Waals surface area (Å²) in [5.74, 6) is 1.66. The van der Waals surface area contributed by atoms with Gasteiger partial charge in [0.15, 0.2) is 0 Å². The number of anilines is 1. The van der Waals surface area contributed by atoms with Crippen molar-refractivity contribution in [3.8, 4) is 5.88 Å². The summed E-state index contributed by atoms with van der Waals surface area (Å²) in [7, 11) is 4.02. The largest absolute Gasteiger partial charge is 0.478 e. The highest BCUT2D eigenvalue weighted by Crippen LogP contribution is 2.14. The maximum absolute atomic E-state index is 5.37. The first-order valence-corrected chi connectivity index (χ1v) is 5.73. The Morgan fingerprint density at radius 2 is 2.25 bits per heavy atom. The summed E-state index contributed by atoms with van der Waals surface area (Å²) in [4.78, 5) is 6.56. The van der Waals surface area contributed by atoms with E-state index in [0.29, 0.717) is 12.5 Å². The van der Waals surface area contributed by atoms with Gasteiger partial charge in [-0.15, -0.1) is 0 Å². The number of nitrogens with zero attached hydrogens (tertiary/aromatic N) is 2. The van der Waals surface area contributed by atoms with Gasteiger partial charge in [0.1, 0.15) is 5.82 Å². The molecule has 0 fully saturated rings. The van der Waals surface area contributed by atoms with Gasteiger partial charge in [0.05, 0.1) is 6.61 Å². The van der Waals surface area contributed by atoms with E-state index in [1.54, 1.807) is 0 Å². The van der Waals surface area contributed by atoms with Crippen molar-refractivity contribution in [2.75, 3.05) is 38.7 Å². The number of nitrogens with one attached hydrogen (secondary N) is 1. The van der Waals surface area contributed by atoms with Gasteiger partial charge in [-0.3, -0.25) is 0 Å². The number of ether oxygens (including phenoxy) is 1. The lowest BCUT2D eigenvalue weighted by Gasteiger charge is -2.18. The topological polar surface area (TPSA) is 37.4 Å². The lowest BCUT2D eigenvalue weighted by molar-refractivity contribution is 0.327. The van der Waals surface area contributed by atoms with Crippen LogP contribution < -0.4 is 15.0 Å². The second kappa shape index (κ2) is 7.06. The predicted molar refractivity (Wildman–Crippen MR) is 67.2 cm³/mol. The molecule has 1 heterocycles. The van der Waals surface area contributed by atoms with Crippen LogP contribution in [0.5, 0.6) is 5.88 Å². The van der Waals surface area contributed by atoms with Gasteiger partial charge in [0.25, 0.3) is 0 Å². The maximum atomic E-state index is 5.37. The molecule has 4 heteroatoms. The van der Waals surface area contributed by atoms with E-state index < -0.39 is 0 Å². The first-order valence-electron chi connectivity index (χ1n) is 5.73. The van der Waals surface area contributed by atoms with Crippen molar-refractivity contribution >= 4 is 5.82 Å². The van der Waals surface area contributed by atoms with Gasteiger partial charge in [-0.1, -0.05) is 6.07 Å². The van der Waals surface area contributed by atoms with Crippen LogP contribution in [0.15, 0.2) is 18.2 Å². The van der Waals surface area contributed by atoms with Gasteiger partial charge in [0.2, 0.25) is 5.88 Å². The average molecular weight is 223 g/mol. The Balaban J connectivity index is 2.53. The molecule has 4 nitrogen and oxygen atoms in total. The zero-order valence-corrected chi connectivity index (χ0v) is 10.4. The van der Waals surface area contributed by atoms with E-state index in [9.17, 15) is 0 Å². The van der Waals surface area contributed by atoms with Crippen LogP contribution in [-0.4, -0.2) is 38.8 Å². The Hall–Kier alpha value is -1.29. The zero-order valence-electron chi connectivity index (χ0n) is 10.4. The molecule has 0 unspecified atom stereocenters. The molecule has 0 aromatic carbocycles. The van der Waals surface area contributed by atoms with Crippen LogP contribution in [0.4, 0.5) is 5.82 Å². The summed E-state index contributed by atoms with van der Waals surface area (Å²) in [6.45, 7) is 4.63. The minimum Gasteiger partial charge on any atom is -0.478 e. The Morgan fingerprint density at radius 1 is 1.44 bits per heavy atom. The highest BCUT2D eigenvalue weighted by atomic mass is 16.5. The molecule has 0 bridgehead atoms. The molecule has 1 aromatic heterocycles. The summed E-state index contributed by atoms with van der Waals surface area (Å²) < 4.78 is 5.37. The van der Waals surface area contributed by atoms with Crippen LogP contribution in [0.3, 0.4) is 0 Å². The van der Waals surface area contributed by atoms with Gasteiger partial charge in [-0.05, 0) is 33.0 Å². The Labute approximate surface area is 97.6 Å². The van der Waals surface area contributed by atoms with Crippen LogP contribution in [-0.2, 0) is 0 Å². The standard InChI is InChI=1S/C12H21N3O/c1-4-16-12-8-5-7-11(14-12)15(3)10-6-9-13-2/h5,7-8,13H,4,6,9-10H2,1-3H3. The summed E-state index contributed by atoms with van der Waals surface area (Å²) >= 11 is 0. The second-order valence-electron chi connectivity index (χ2n) is 3.65. The molecule has 0 aliphatic rings. The van der Waals surface area contributed by atoms with Gasteiger partial charge in [-0.25, -0.2) is 0 Å². The van der Waals surface area contributed by atoms with Crippen molar-refractivity contribution in [3.63, 3.8) is 0 Å². The monoisotopic (exact) mass is 223 g/mol. The second-order valence-corrected chi connectivity index (χ2v) is 3.65. The average Bonchev–Trinajstić information content (AvgIpc) is 2.30. The van der Waals surface area contributed by atoms with E-state index in [1.165, 1.54) is 0 Å². The molecule has 0 amide bonds. The number of rotatable bonds is 7. The van der Waals surface area contributed by atoms with Gasteiger partial charge in [-0.2, -0.15) is 4.98 Å². The molecule has 0 radical (unpaired) electrons. The van der Waals surface area contributed by atoms with Crippen molar-refractivity contribution in [1.29, 1.82) is 0 Å². The first-order chi connectivity index (χ1) is 7.77. The molecule has 0 saturated heterocycles. The lowest BCUT2D eigenvalue weighted by atomic mass is 10.3. The van der Waals surface area contributed by atoms with Crippen molar-refractivity contribution in [1.82, 2.24) is 10.3 Å². The number of hydrogen-bond donors (Lipinski definition) is 1. The number of hydrogen-bond acceptors (Lipinski definition) is 4. The summed E-state index contributed by atoms with van der Waals surface area (Å²) in [6, 6.07) is 5.86. The molecule has 1 aromatic rings. The fourth-order valence-corrected chi connectivity index (χ4v) is 1.45. The van der Waals surface area contributed by atoms with Crippen molar-refractivity contribution in [2.45, 2.75) is 13.3 Å². The quantitative estimate of drug-likeness (QED) is 0.711. The van der Waals surface area contributed by atoms with Crippen LogP contribution >= 0.6 is 0 Å². The minimum absolute atomic E-state index is 0.653. The zero-order chi connectivity index (χ0) is 11.8. The molecular formula is C12H21N3O. The predicted octanol–water partition coefficient (Wildman–Crippen LogP) is 1.53. The van der Waals surface area contributed by atoms with E-state index in [1.807, 2.05) is 39.2 Å². The Kier molecular flexibility index (Phi) is 5.64. The molecule has 0 saturated carbocycles. The smallest absolute Gasteiger partial charge is 0.215 e. The molecule has 0 aliphatic carbocycles. The lowest BCUT2D eigenvalue weighted by Crippen LogP contribution is -2.23. The first kappa shape index (κ1) is 12.8. The molecule has 1 N–H and O–H groups in total. The van der Waals surface area contributed by atoms with Crippen molar-refractivity contribution in [3.05, 3.63) is 18.2 Å². The summed E-state index contributed by atoms with van der Waals surface area (Å²) in [5.41, 5.74) is 0. The van der Waals surface area contributed by atoms with Crippen LogP contribution in [0, 0.1) is 0 Å². The summed E-state index contributed by atoms with van der Waals surface area (Å²) in [5, 5.41) is 3.13. The third kappa shape index (κ3) is 4.06. The molecular weight excluding hydrogens is 202 g/mol. The van der Waals surface area contributed by atoms with Crippen LogP contribution in [0.2, 0.25) is 0 Å². The van der Waals surface area contributed by atoms with Gasteiger partial charge in [0, 0.05) is 19.7 Å². The van der Waals surface area contributed by atoms with Gasteiger partial charge >= 0.3 is 0 Å². The maximum Gasteiger partial charge on any atom is 0.215 e. The van der Waals surface area contributed by atoms with E-state index in [2.05, 4.69) is 15.2 Å². The van der Waals surface area contributed by atoms with E-state index >= 15 is 0 Å². The normalized spacial score (nSPS) is 10.2. The van der Waals surface area contributed by atoms with Gasteiger partial charge < -0.3 is 15.0 Å². The third-order valence-electron chi connectivity index (χ3n) is 2.31. The summed E-state index contributed by atoms with van der Waals surface area (Å²) in [6.07, 6.45) is 1.10. The van der Waals surface area contributed by atoms with E-state index in [0.717, 1.165) is 25.3 Å². The van der Waals surface area contributed by atoms with Crippen molar-refractivity contribution < 1.29 is 4.74 Å². The SMILES string of the molecule is CCOc1cccc(N(C)CCCNC)n1. The molecule has 0 aliphatic heterocycles. The Morgan fingerprint density at radius 3 is 2.94 bits per heavy atom. The van der Waals surface area contributed by atoms with E-state index in [4.69, 9.17) is 4.74 Å². The highest BCUT2D eigenvalue weighted by molar-refractivity contribution is 5.39. The number of pyridine rings is 1. The van der Waals surface area contributed by atoms with Crippen LogP contribution in [0.1, 0.15) is 13.3 Å². The molecule has 0 spiro atoms. The molecule has 90 valence electrons. The molecule has 0 atom stereocenters. The number of aromatic nitrogens is 1. The minimum atomic E-state index is 0.653. The molecule has 1 rings (SSSR count). The fourth-order valence-electron chi connectivity index (χ4n) is 1.45. The third-order valence-corrected chi connectivity index (χ3v) is 2.31. The molecule has 16 heavy (non-hydrogen) atoms. The fraction of sp³-hybridized carbons (Fsp3) is 0.583. The van der Waals surface area contributed by atoms with Crippen LogP contribution in [0.25, 0.3) is 0 Å². The highest BCUT2D eigenvalue weighted by Gasteiger charge is 2.03. The van der Waals surface area contributed by atoms with Crippen molar-refractivity contribution in [2.24, 2.45) is 0 Å². The van der Waals surface area contributed by atoms with E-state index in [-0.39, 0.29) is 0 Å².